The molecular weight excluding hydrogens is 612 g/mol. The molecule has 13 heteroatoms. The van der Waals surface area contributed by atoms with Gasteiger partial charge in [-0.1, -0.05) is 54.1 Å². The van der Waals surface area contributed by atoms with E-state index in [1.165, 1.54) is 4.90 Å². The third-order valence-electron chi connectivity index (χ3n) is 8.01. The van der Waals surface area contributed by atoms with Gasteiger partial charge in [0, 0.05) is 54.9 Å². The molecule has 0 spiro atoms. The lowest BCUT2D eigenvalue weighted by Crippen LogP contribution is -2.60. The summed E-state index contributed by atoms with van der Waals surface area (Å²) in [4.78, 5) is 36.4. The molecule has 244 valence electrons. The Hall–Kier alpha value is -4.39. The highest BCUT2D eigenvalue weighted by molar-refractivity contribution is 6.30. The van der Waals surface area contributed by atoms with E-state index in [9.17, 15) is 24.9 Å². The Morgan fingerprint density at radius 3 is 2.35 bits per heavy atom. The first kappa shape index (κ1) is 33.0. The van der Waals surface area contributed by atoms with Crippen molar-refractivity contribution in [3.8, 4) is 17.0 Å². The number of rotatable bonds is 10. The smallest absolute Gasteiger partial charge is 0.408 e. The molecule has 2 aromatic carbocycles. The number of aromatic amines is 1. The summed E-state index contributed by atoms with van der Waals surface area (Å²) in [5.74, 6) is -0.0213. The Morgan fingerprint density at radius 2 is 1.74 bits per heavy atom. The van der Waals surface area contributed by atoms with Gasteiger partial charge in [-0.3, -0.25) is 14.8 Å². The van der Waals surface area contributed by atoms with E-state index in [4.69, 9.17) is 16.3 Å². The van der Waals surface area contributed by atoms with Crippen molar-refractivity contribution in [2.75, 3.05) is 44.3 Å². The fourth-order valence-corrected chi connectivity index (χ4v) is 5.95. The van der Waals surface area contributed by atoms with Crippen LogP contribution in [0.3, 0.4) is 0 Å². The Labute approximate surface area is 272 Å². The van der Waals surface area contributed by atoms with Crippen LogP contribution in [0, 0.1) is 0 Å². The topological polar surface area (TPSA) is 155 Å². The van der Waals surface area contributed by atoms with E-state index in [1.807, 2.05) is 42.5 Å². The third-order valence-corrected chi connectivity index (χ3v) is 8.26. The number of nitrogens with zero attached hydrogens (tertiary/aromatic N) is 5. The van der Waals surface area contributed by atoms with Gasteiger partial charge in [0.05, 0.1) is 12.3 Å². The van der Waals surface area contributed by atoms with Crippen LogP contribution in [0.2, 0.25) is 5.02 Å². The van der Waals surface area contributed by atoms with Crippen LogP contribution in [-0.4, -0.2) is 109 Å². The normalized spacial score (nSPS) is 15.1. The van der Waals surface area contributed by atoms with Gasteiger partial charge in [-0.05, 0) is 44.0 Å². The van der Waals surface area contributed by atoms with E-state index in [1.54, 1.807) is 44.0 Å². The molecule has 0 unspecified atom stereocenters. The average molecular weight is 651 g/mol. The van der Waals surface area contributed by atoms with Crippen molar-refractivity contribution in [3.63, 3.8) is 0 Å². The maximum atomic E-state index is 14.2. The molecule has 1 fully saturated rings. The Balaban J connectivity index is 1.46. The van der Waals surface area contributed by atoms with Crippen LogP contribution in [0.5, 0.6) is 5.88 Å². The van der Waals surface area contributed by atoms with Crippen LogP contribution in [0.1, 0.15) is 26.3 Å². The second-order valence-corrected chi connectivity index (χ2v) is 12.7. The van der Waals surface area contributed by atoms with E-state index < -0.39 is 30.4 Å². The molecule has 4 aromatic rings. The lowest BCUT2D eigenvalue weighted by atomic mass is 9.97. The summed E-state index contributed by atoms with van der Waals surface area (Å²) in [5, 5.41) is 37.8. The Morgan fingerprint density at radius 1 is 1.07 bits per heavy atom. The zero-order valence-electron chi connectivity index (χ0n) is 26.1. The van der Waals surface area contributed by atoms with E-state index >= 15 is 0 Å². The number of anilines is 1. The van der Waals surface area contributed by atoms with Gasteiger partial charge >= 0.3 is 6.09 Å². The fourth-order valence-electron chi connectivity index (χ4n) is 5.82. The molecule has 0 radical (unpaired) electrons. The highest BCUT2D eigenvalue weighted by atomic mass is 35.5. The number of piperazine rings is 1. The molecule has 4 N–H and O–H groups in total. The summed E-state index contributed by atoms with van der Waals surface area (Å²) in [5.41, 5.74) is 3.06. The SMILES string of the molecule is CC(C)(C)N(C(=O)O)[C@H](Cc1ccc(Cl)cc1)C(=O)N1CCN(c2c(-c3ccccc3)cnc3[nH]nc(OC[C@@H](O)CO)c23)CC1. The summed E-state index contributed by atoms with van der Waals surface area (Å²) >= 11 is 6.09. The lowest BCUT2D eigenvalue weighted by molar-refractivity contribution is -0.138. The zero-order chi connectivity index (χ0) is 33.0. The van der Waals surface area contributed by atoms with Gasteiger partial charge in [0.2, 0.25) is 11.8 Å². The van der Waals surface area contributed by atoms with E-state index in [0.29, 0.717) is 42.2 Å². The standard InChI is InChI=1S/C33H39ClN6O6/c1-33(2,3)40(32(44)45)26(17-21-9-11-23(34)12-10-21)31(43)39-15-13-38(14-16-39)28-25(22-7-5-4-6-8-22)18-35-29-27(28)30(37-36-29)46-20-24(42)19-41/h4-12,18,24,26,41-42H,13-17,19-20H2,1-3H3,(H,44,45)(H,35,36,37)/t24-,26+/m0/s1. The largest absolute Gasteiger partial charge is 0.473 e. The molecule has 12 nitrogen and oxygen atoms in total. The summed E-state index contributed by atoms with van der Waals surface area (Å²) in [6, 6.07) is 15.9. The number of carbonyl (C=O) groups excluding carboxylic acids is 1. The van der Waals surface area contributed by atoms with Crippen LogP contribution in [0.15, 0.2) is 60.8 Å². The fraction of sp³-hybridized carbons (Fsp3) is 0.394. The number of amides is 2. The number of ether oxygens (including phenoxy) is 1. The third kappa shape index (κ3) is 7.19. The molecule has 5 rings (SSSR count). The summed E-state index contributed by atoms with van der Waals surface area (Å²) < 4.78 is 5.82. The number of H-pyrrole nitrogens is 1. The number of aliphatic hydroxyl groups excluding tert-OH is 2. The van der Waals surface area contributed by atoms with Gasteiger partial charge in [0.25, 0.3) is 0 Å². The number of fused-ring (bicyclic) bond motifs is 1. The first-order valence-electron chi connectivity index (χ1n) is 15.1. The highest BCUT2D eigenvalue weighted by Gasteiger charge is 2.40. The molecule has 0 saturated carbocycles. The monoisotopic (exact) mass is 650 g/mol. The van der Waals surface area contributed by atoms with Gasteiger partial charge in [-0.15, -0.1) is 5.10 Å². The molecule has 2 atom stereocenters. The Bertz CT molecular complexity index is 1650. The number of aliphatic hydroxyl groups is 2. The predicted octanol–water partition coefficient (Wildman–Crippen LogP) is 4.05. The van der Waals surface area contributed by atoms with Crippen molar-refractivity contribution in [3.05, 3.63) is 71.4 Å². The number of aromatic nitrogens is 3. The second-order valence-electron chi connectivity index (χ2n) is 12.3. The molecule has 1 saturated heterocycles. The molecule has 0 aliphatic carbocycles. The Kier molecular flexibility index (Phi) is 10.00. The first-order valence-corrected chi connectivity index (χ1v) is 15.5. The number of carbonyl (C=O) groups is 2. The van der Waals surface area contributed by atoms with Gasteiger partial charge in [-0.25, -0.2) is 9.78 Å². The van der Waals surface area contributed by atoms with E-state index in [2.05, 4.69) is 20.1 Å². The predicted molar refractivity (Wildman–Crippen MR) is 175 cm³/mol. The zero-order valence-corrected chi connectivity index (χ0v) is 26.8. The van der Waals surface area contributed by atoms with Crippen molar-refractivity contribution in [1.82, 2.24) is 25.0 Å². The van der Waals surface area contributed by atoms with Crippen molar-refractivity contribution in [1.29, 1.82) is 0 Å². The van der Waals surface area contributed by atoms with Crippen LogP contribution < -0.4 is 9.64 Å². The number of carboxylic acid groups (broad SMARTS) is 1. The maximum absolute atomic E-state index is 14.2. The number of hydrogen-bond donors (Lipinski definition) is 4. The van der Waals surface area contributed by atoms with Gasteiger partial charge < -0.3 is 29.9 Å². The van der Waals surface area contributed by atoms with Gasteiger partial charge in [0.15, 0.2) is 5.65 Å². The van der Waals surface area contributed by atoms with Gasteiger partial charge in [0.1, 0.15) is 24.1 Å². The van der Waals surface area contributed by atoms with E-state index in [-0.39, 0.29) is 24.8 Å². The minimum absolute atomic E-state index is 0.156. The molecule has 1 aliphatic rings. The summed E-state index contributed by atoms with van der Waals surface area (Å²) in [6.45, 7) is 6.34. The number of halogens is 1. The van der Waals surface area contributed by atoms with Crippen molar-refractivity contribution >= 4 is 40.3 Å². The second kappa shape index (κ2) is 13.9. The maximum Gasteiger partial charge on any atom is 0.408 e. The van der Waals surface area contributed by atoms with Gasteiger partial charge in [-0.2, -0.15) is 0 Å². The molecule has 1 aliphatic heterocycles. The van der Waals surface area contributed by atoms with Crippen LogP contribution in [0.25, 0.3) is 22.2 Å². The van der Waals surface area contributed by atoms with E-state index in [0.717, 1.165) is 22.4 Å². The lowest BCUT2D eigenvalue weighted by Gasteiger charge is -2.43. The van der Waals surface area contributed by atoms with Crippen LogP contribution >= 0.6 is 11.6 Å². The first-order chi connectivity index (χ1) is 22.0. The molecule has 3 heterocycles. The summed E-state index contributed by atoms with van der Waals surface area (Å²) in [6.07, 6.45) is -0.262. The molecule has 46 heavy (non-hydrogen) atoms. The van der Waals surface area contributed by atoms with Crippen LogP contribution in [-0.2, 0) is 11.2 Å². The van der Waals surface area contributed by atoms with Crippen LogP contribution in [0.4, 0.5) is 10.5 Å². The summed E-state index contributed by atoms with van der Waals surface area (Å²) in [7, 11) is 0. The minimum Gasteiger partial charge on any atom is -0.473 e. The minimum atomic E-state index is -1.16. The number of nitrogens with one attached hydrogen (secondary N) is 1. The van der Waals surface area contributed by atoms with Crippen molar-refractivity contribution in [2.45, 2.75) is 44.9 Å². The number of hydrogen-bond acceptors (Lipinski definition) is 8. The molecule has 2 aromatic heterocycles. The number of benzene rings is 2. The molecular formula is C33H39ClN6O6. The molecule has 2 amide bonds. The number of pyridine rings is 1. The highest BCUT2D eigenvalue weighted by Crippen LogP contribution is 2.40. The molecule has 0 bridgehead atoms. The quantitative estimate of drug-likeness (QED) is 0.199. The van der Waals surface area contributed by atoms with Crippen molar-refractivity contribution < 1.29 is 29.6 Å². The van der Waals surface area contributed by atoms with Crippen molar-refractivity contribution in [2.24, 2.45) is 0 Å². The average Bonchev–Trinajstić information content (AvgIpc) is 3.46.